The Morgan fingerprint density at radius 1 is 0.977 bits per heavy atom. The highest BCUT2D eigenvalue weighted by Gasteiger charge is 2.34. The van der Waals surface area contributed by atoms with E-state index in [4.69, 9.17) is 0 Å². The number of halogens is 2. The first-order chi connectivity index (χ1) is 20.8. The Hall–Kier alpha value is -3.79. The second kappa shape index (κ2) is 11.0. The average Bonchev–Trinajstić information content (AvgIpc) is 3.61. The van der Waals surface area contributed by atoms with Crippen molar-refractivity contribution >= 4 is 23.2 Å². The molecule has 3 aromatic rings. The molecule has 0 radical (unpaired) electrons. The zero-order valence-electron chi connectivity index (χ0n) is 24.8. The maximum atomic E-state index is 14.5. The summed E-state index contributed by atoms with van der Waals surface area (Å²) in [5.74, 6) is 0.694. The van der Waals surface area contributed by atoms with Crippen LogP contribution in [0.2, 0.25) is 0 Å². The number of nitrogens with zero attached hydrogens (tertiary/aromatic N) is 5. The second-order valence-electron chi connectivity index (χ2n) is 12.5. The summed E-state index contributed by atoms with van der Waals surface area (Å²) in [4.78, 5) is 31.4. The van der Waals surface area contributed by atoms with Crippen molar-refractivity contribution in [1.82, 2.24) is 24.9 Å². The Morgan fingerprint density at radius 2 is 1.77 bits per heavy atom. The lowest BCUT2D eigenvalue weighted by atomic mass is 9.86. The molecule has 0 spiro atoms. The minimum atomic E-state index is -2.63. The van der Waals surface area contributed by atoms with Gasteiger partial charge in [0.05, 0.1) is 12.1 Å². The molecule has 43 heavy (non-hydrogen) atoms. The molecule has 226 valence electrons. The number of nitrogens with one attached hydrogen (secondary N) is 1. The minimum Gasteiger partial charge on any atom is -0.342 e. The fourth-order valence-electron chi connectivity index (χ4n) is 7.26. The van der Waals surface area contributed by atoms with Crippen LogP contribution in [0.15, 0.2) is 36.7 Å². The van der Waals surface area contributed by atoms with E-state index in [9.17, 15) is 18.4 Å². The van der Waals surface area contributed by atoms with Crippen LogP contribution in [-0.4, -0.2) is 64.1 Å². The van der Waals surface area contributed by atoms with Crippen LogP contribution in [0.4, 0.5) is 20.2 Å². The zero-order chi connectivity index (χ0) is 29.8. The first-order valence-electron chi connectivity index (χ1n) is 15.4. The average molecular weight is 589 g/mol. The van der Waals surface area contributed by atoms with Gasteiger partial charge in [-0.05, 0) is 72.1 Å². The van der Waals surface area contributed by atoms with E-state index in [1.165, 1.54) is 5.56 Å². The highest BCUT2D eigenvalue weighted by atomic mass is 19.3. The smallest absolute Gasteiger partial charge is 0.264 e. The summed E-state index contributed by atoms with van der Waals surface area (Å²) < 4.78 is 30.7. The Balaban J connectivity index is 1.25. The van der Waals surface area contributed by atoms with Gasteiger partial charge < -0.3 is 20.0 Å². The number of fused-ring (bicyclic) bond motifs is 2. The highest BCUT2D eigenvalue weighted by molar-refractivity contribution is 5.81. The molecular formula is C33H38F2N6O2. The molecule has 4 aliphatic rings. The molecule has 0 saturated carbocycles. The molecule has 10 heteroatoms. The molecule has 1 aromatic heterocycles. The summed E-state index contributed by atoms with van der Waals surface area (Å²) in [5, 5.41) is 7.41. The van der Waals surface area contributed by atoms with Crippen molar-refractivity contribution < 1.29 is 18.4 Å². The number of piperidine rings is 1. The van der Waals surface area contributed by atoms with Crippen LogP contribution < -0.4 is 10.2 Å². The normalized spacial score (nSPS) is 19.0. The third-order valence-electron chi connectivity index (χ3n) is 9.82. The number of hydrogen-bond acceptors (Lipinski definition) is 5. The van der Waals surface area contributed by atoms with Gasteiger partial charge in [-0.3, -0.25) is 14.3 Å². The lowest BCUT2D eigenvalue weighted by Crippen LogP contribution is -2.53. The van der Waals surface area contributed by atoms with Gasteiger partial charge in [0.1, 0.15) is 0 Å². The summed E-state index contributed by atoms with van der Waals surface area (Å²) in [5.41, 5.74) is 7.57. The number of alkyl halides is 2. The summed E-state index contributed by atoms with van der Waals surface area (Å²) >= 11 is 0. The van der Waals surface area contributed by atoms with E-state index < -0.39 is 6.43 Å². The van der Waals surface area contributed by atoms with Gasteiger partial charge in [0, 0.05) is 94.0 Å². The van der Waals surface area contributed by atoms with E-state index in [1.54, 1.807) is 37.1 Å². The molecule has 0 bridgehead atoms. The number of aromatic nitrogens is 2. The number of carbonyl (C=O) groups is 2. The predicted molar refractivity (Wildman–Crippen MR) is 160 cm³/mol. The van der Waals surface area contributed by atoms with Crippen LogP contribution in [0, 0.1) is 5.92 Å². The van der Waals surface area contributed by atoms with Gasteiger partial charge in [0.2, 0.25) is 11.8 Å². The van der Waals surface area contributed by atoms with Crippen LogP contribution in [0.3, 0.4) is 0 Å². The number of amides is 2. The van der Waals surface area contributed by atoms with E-state index in [1.807, 2.05) is 15.9 Å². The van der Waals surface area contributed by atoms with Gasteiger partial charge in [-0.15, -0.1) is 0 Å². The fraction of sp³-hybridized carbons (Fsp3) is 0.485. The van der Waals surface area contributed by atoms with Crippen molar-refractivity contribution in [1.29, 1.82) is 0 Å². The zero-order valence-corrected chi connectivity index (χ0v) is 24.8. The van der Waals surface area contributed by atoms with Gasteiger partial charge in [-0.2, -0.15) is 5.10 Å². The molecule has 0 aliphatic carbocycles. The van der Waals surface area contributed by atoms with Crippen molar-refractivity contribution in [2.75, 3.05) is 37.6 Å². The molecule has 2 fully saturated rings. The van der Waals surface area contributed by atoms with Gasteiger partial charge in [-0.25, -0.2) is 8.78 Å². The summed E-state index contributed by atoms with van der Waals surface area (Å²) in [6.45, 7) is 6.43. The van der Waals surface area contributed by atoms with Crippen LogP contribution in [0.5, 0.6) is 0 Å². The predicted octanol–water partition coefficient (Wildman–Crippen LogP) is 4.90. The summed E-state index contributed by atoms with van der Waals surface area (Å²) in [7, 11) is 1.79. The first kappa shape index (κ1) is 28.0. The van der Waals surface area contributed by atoms with Crippen molar-refractivity contribution in [3.05, 3.63) is 64.5 Å². The lowest BCUT2D eigenvalue weighted by molar-refractivity contribution is -0.138. The number of hydrogen-bond donors (Lipinski definition) is 1. The molecule has 2 saturated heterocycles. The van der Waals surface area contributed by atoms with Gasteiger partial charge >= 0.3 is 0 Å². The maximum Gasteiger partial charge on any atom is 0.264 e. The van der Waals surface area contributed by atoms with E-state index in [0.29, 0.717) is 30.1 Å². The van der Waals surface area contributed by atoms with Crippen LogP contribution >= 0.6 is 0 Å². The number of anilines is 2. The number of rotatable bonds is 5. The first-order valence-corrected chi connectivity index (χ1v) is 15.4. The van der Waals surface area contributed by atoms with Crippen molar-refractivity contribution in [2.24, 2.45) is 13.0 Å². The molecule has 5 heterocycles. The number of likely N-dealkylation sites (tertiary alicyclic amines) is 1. The molecule has 2 amide bonds. The maximum absolute atomic E-state index is 14.5. The minimum absolute atomic E-state index is 0.00974. The quantitative estimate of drug-likeness (QED) is 0.459. The SMILES string of the molecule is CC(=O)N1Cc2cc(C3CCN(C(=O)C4CNC4)CC3)cc(N3CCCc4cc(-c5cnn(C)c5)c(C(F)F)cc43)c2C1. The lowest BCUT2D eigenvalue weighted by Gasteiger charge is -2.38. The Bertz CT molecular complexity index is 1570. The van der Waals surface area contributed by atoms with Gasteiger partial charge in [0.15, 0.2) is 0 Å². The second-order valence-corrected chi connectivity index (χ2v) is 12.5. The van der Waals surface area contributed by atoms with E-state index >= 15 is 0 Å². The standard InChI is InChI=1S/C33H38F2N6O2/c1-20(42)40-18-24-10-23(21-5-8-39(9-6-21)33(43)25-14-36-15-25)12-31(29(24)19-40)41-7-3-4-22-11-27(26-16-37-38(2)17-26)28(32(34)35)13-30(22)41/h10-13,16-17,21,25,32,36H,3-9,14-15,18-19H2,1-2H3. The van der Waals surface area contributed by atoms with Crippen molar-refractivity contribution in [3.63, 3.8) is 0 Å². The number of benzene rings is 2. The monoisotopic (exact) mass is 588 g/mol. The molecule has 4 aliphatic heterocycles. The summed E-state index contributed by atoms with van der Waals surface area (Å²) in [6, 6.07) is 8.10. The molecule has 8 nitrogen and oxygen atoms in total. The van der Waals surface area contributed by atoms with E-state index in [0.717, 1.165) is 86.5 Å². The number of aryl methyl sites for hydroxylation is 2. The fourth-order valence-corrected chi connectivity index (χ4v) is 7.26. The topological polar surface area (TPSA) is 73.7 Å². The van der Waals surface area contributed by atoms with E-state index in [-0.39, 0.29) is 23.3 Å². The van der Waals surface area contributed by atoms with Crippen LogP contribution in [0.25, 0.3) is 11.1 Å². The Kier molecular flexibility index (Phi) is 7.19. The Morgan fingerprint density at radius 3 is 2.42 bits per heavy atom. The third kappa shape index (κ3) is 5.09. The molecular weight excluding hydrogens is 550 g/mol. The number of carbonyl (C=O) groups excluding carboxylic acids is 2. The van der Waals surface area contributed by atoms with E-state index in [2.05, 4.69) is 27.4 Å². The highest BCUT2D eigenvalue weighted by Crippen LogP contribution is 2.45. The Labute approximate surface area is 250 Å². The van der Waals surface area contributed by atoms with Crippen LogP contribution in [-0.2, 0) is 36.1 Å². The molecule has 2 aromatic carbocycles. The van der Waals surface area contributed by atoms with Gasteiger partial charge in [0.25, 0.3) is 6.43 Å². The van der Waals surface area contributed by atoms with Crippen LogP contribution in [0.1, 0.15) is 66.3 Å². The van der Waals surface area contributed by atoms with Crippen molar-refractivity contribution in [3.8, 4) is 11.1 Å². The van der Waals surface area contributed by atoms with Crippen molar-refractivity contribution in [2.45, 2.75) is 58.0 Å². The third-order valence-corrected chi connectivity index (χ3v) is 9.82. The summed E-state index contributed by atoms with van der Waals surface area (Å²) in [6.07, 6.45) is 4.29. The largest absolute Gasteiger partial charge is 0.342 e. The molecule has 1 N–H and O–H groups in total. The molecule has 7 rings (SSSR count). The van der Waals surface area contributed by atoms with Gasteiger partial charge in [-0.1, -0.05) is 6.07 Å². The molecule has 0 atom stereocenters. The molecule has 0 unspecified atom stereocenters.